The molecule has 0 saturated carbocycles. The van der Waals surface area contributed by atoms with Crippen molar-refractivity contribution in [2.75, 3.05) is 10.6 Å². The number of aryl methyl sites for hydroxylation is 1. The summed E-state index contributed by atoms with van der Waals surface area (Å²) >= 11 is 6.01. The molecule has 0 aromatic heterocycles. The van der Waals surface area contributed by atoms with Crippen LogP contribution in [-0.4, -0.2) is 11.0 Å². The third kappa shape index (κ3) is 3.93. The minimum atomic E-state index is -0.504. The van der Waals surface area contributed by atoms with Crippen LogP contribution >= 0.6 is 11.6 Å². The number of anilines is 2. The predicted molar refractivity (Wildman–Crippen MR) is 81.9 cm³/mol. The molecule has 0 heterocycles. The number of hydrogen-bond donors (Lipinski definition) is 2. The molecule has 0 atom stereocenters. The van der Waals surface area contributed by atoms with Gasteiger partial charge in [-0.1, -0.05) is 17.7 Å². The first-order valence-electron chi connectivity index (χ1n) is 6.04. The van der Waals surface area contributed by atoms with Gasteiger partial charge in [-0.2, -0.15) is 0 Å². The molecule has 2 amide bonds. The van der Waals surface area contributed by atoms with Crippen molar-refractivity contribution < 1.29 is 9.72 Å². The number of carbonyl (C=O) groups is 1. The zero-order valence-corrected chi connectivity index (χ0v) is 11.8. The van der Waals surface area contributed by atoms with Gasteiger partial charge in [-0.15, -0.1) is 0 Å². The smallest absolute Gasteiger partial charge is 0.308 e. The number of halogens is 1. The molecule has 6 nitrogen and oxygen atoms in total. The highest BCUT2D eigenvalue weighted by Crippen LogP contribution is 2.23. The molecular weight excluding hydrogens is 294 g/mol. The van der Waals surface area contributed by atoms with Crippen LogP contribution < -0.4 is 10.6 Å². The summed E-state index contributed by atoms with van der Waals surface area (Å²) in [6.45, 7) is 1.90. The monoisotopic (exact) mass is 305 g/mol. The lowest BCUT2D eigenvalue weighted by atomic mass is 10.2. The second-order valence-corrected chi connectivity index (χ2v) is 4.77. The highest BCUT2D eigenvalue weighted by molar-refractivity contribution is 6.33. The largest absolute Gasteiger partial charge is 0.323 e. The maximum absolute atomic E-state index is 11.8. The van der Waals surface area contributed by atoms with Crippen LogP contribution in [0.25, 0.3) is 0 Å². The zero-order valence-electron chi connectivity index (χ0n) is 11.1. The molecule has 7 heteroatoms. The van der Waals surface area contributed by atoms with Crippen molar-refractivity contribution in [1.29, 1.82) is 0 Å². The fourth-order valence-corrected chi connectivity index (χ4v) is 1.95. The molecule has 2 aromatic rings. The SMILES string of the molecule is Cc1ccc(NC(=O)Nc2ccc([N+](=O)[O-])cc2)c(Cl)c1. The number of nitro groups is 1. The first-order valence-corrected chi connectivity index (χ1v) is 6.42. The van der Waals surface area contributed by atoms with Crippen LogP contribution in [0, 0.1) is 17.0 Å². The second-order valence-electron chi connectivity index (χ2n) is 4.37. The first-order chi connectivity index (χ1) is 9.95. The van der Waals surface area contributed by atoms with E-state index in [0.717, 1.165) is 5.56 Å². The number of nitro benzene ring substituents is 1. The average molecular weight is 306 g/mol. The fourth-order valence-electron chi connectivity index (χ4n) is 1.67. The number of benzene rings is 2. The van der Waals surface area contributed by atoms with Crippen LogP contribution in [0.5, 0.6) is 0 Å². The summed E-state index contributed by atoms with van der Waals surface area (Å²) in [6, 6.07) is 10.3. The maximum atomic E-state index is 11.8. The van der Waals surface area contributed by atoms with E-state index in [9.17, 15) is 14.9 Å². The normalized spacial score (nSPS) is 10.0. The second kappa shape index (κ2) is 6.23. The quantitative estimate of drug-likeness (QED) is 0.658. The third-order valence-corrected chi connectivity index (χ3v) is 3.02. The van der Waals surface area contributed by atoms with Crippen LogP contribution in [0.15, 0.2) is 42.5 Å². The van der Waals surface area contributed by atoms with E-state index in [4.69, 9.17) is 11.6 Å². The number of urea groups is 1. The summed E-state index contributed by atoms with van der Waals surface area (Å²) < 4.78 is 0. The van der Waals surface area contributed by atoms with E-state index in [1.54, 1.807) is 12.1 Å². The van der Waals surface area contributed by atoms with E-state index in [0.29, 0.717) is 16.4 Å². The standard InChI is InChI=1S/C14H12ClN3O3/c1-9-2-7-13(12(15)8-9)17-14(19)16-10-3-5-11(6-4-10)18(20)21/h2-8H,1H3,(H2,16,17,19). The van der Waals surface area contributed by atoms with Crippen LogP contribution in [0.2, 0.25) is 5.02 Å². The lowest BCUT2D eigenvalue weighted by Crippen LogP contribution is -2.19. The maximum Gasteiger partial charge on any atom is 0.323 e. The Morgan fingerprint density at radius 2 is 1.81 bits per heavy atom. The molecule has 0 aliphatic rings. The minimum Gasteiger partial charge on any atom is -0.308 e. The van der Waals surface area contributed by atoms with Gasteiger partial charge in [0.25, 0.3) is 5.69 Å². The molecular formula is C14H12ClN3O3. The van der Waals surface area contributed by atoms with Crippen LogP contribution in [0.4, 0.5) is 21.9 Å². The van der Waals surface area contributed by atoms with Crippen molar-refractivity contribution in [2.24, 2.45) is 0 Å². The molecule has 0 radical (unpaired) electrons. The van der Waals surface area contributed by atoms with Gasteiger partial charge in [0.15, 0.2) is 0 Å². The van der Waals surface area contributed by atoms with Crippen LogP contribution in [0.3, 0.4) is 0 Å². The summed E-state index contributed by atoms with van der Waals surface area (Å²) in [5.41, 5.74) is 1.88. The van der Waals surface area contributed by atoms with Crippen molar-refractivity contribution in [3.63, 3.8) is 0 Å². The highest BCUT2D eigenvalue weighted by atomic mass is 35.5. The van der Waals surface area contributed by atoms with Crippen molar-refractivity contribution in [2.45, 2.75) is 6.92 Å². The Balaban J connectivity index is 2.02. The van der Waals surface area contributed by atoms with E-state index in [-0.39, 0.29) is 5.69 Å². The molecule has 108 valence electrons. The van der Waals surface area contributed by atoms with Gasteiger partial charge < -0.3 is 10.6 Å². The van der Waals surface area contributed by atoms with E-state index in [1.165, 1.54) is 24.3 Å². The number of non-ortho nitro benzene ring substituents is 1. The lowest BCUT2D eigenvalue weighted by molar-refractivity contribution is -0.384. The summed E-state index contributed by atoms with van der Waals surface area (Å²) in [4.78, 5) is 21.9. The van der Waals surface area contributed by atoms with E-state index >= 15 is 0 Å². The van der Waals surface area contributed by atoms with Crippen molar-refractivity contribution in [3.05, 3.63) is 63.2 Å². The van der Waals surface area contributed by atoms with Crippen molar-refractivity contribution >= 4 is 34.7 Å². The van der Waals surface area contributed by atoms with E-state index < -0.39 is 11.0 Å². The zero-order chi connectivity index (χ0) is 15.4. The summed E-state index contributed by atoms with van der Waals surface area (Å²) in [7, 11) is 0. The summed E-state index contributed by atoms with van der Waals surface area (Å²) in [5.74, 6) is 0. The lowest BCUT2D eigenvalue weighted by Gasteiger charge is -2.09. The Bertz CT molecular complexity index is 686. The third-order valence-electron chi connectivity index (χ3n) is 2.71. The topological polar surface area (TPSA) is 84.3 Å². The van der Waals surface area contributed by atoms with Gasteiger partial charge in [0, 0.05) is 17.8 Å². The predicted octanol–water partition coefficient (Wildman–Crippen LogP) is 4.20. The number of nitrogens with zero attached hydrogens (tertiary/aromatic N) is 1. The number of carbonyl (C=O) groups excluding carboxylic acids is 1. The van der Waals surface area contributed by atoms with E-state index in [1.807, 2.05) is 13.0 Å². The van der Waals surface area contributed by atoms with Gasteiger partial charge in [-0.25, -0.2) is 4.79 Å². The highest BCUT2D eigenvalue weighted by Gasteiger charge is 2.08. The first kappa shape index (κ1) is 14.8. The van der Waals surface area contributed by atoms with Crippen LogP contribution in [0.1, 0.15) is 5.56 Å². The van der Waals surface area contributed by atoms with Gasteiger partial charge in [0.2, 0.25) is 0 Å². The number of hydrogen-bond acceptors (Lipinski definition) is 3. The number of amides is 2. The van der Waals surface area contributed by atoms with Gasteiger partial charge in [0.1, 0.15) is 0 Å². The molecule has 0 spiro atoms. The van der Waals surface area contributed by atoms with Gasteiger partial charge in [0.05, 0.1) is 15.6 Å². The fraction of sp³-hybridized carbons (Fsp3) is 0.0714. The Morgan fingerprint density at radius 1 is 1.14 bits per heavy atom. The number of rotatable bonds is 3. The molecule has 0 bridgehead atoms. The van der Waals surface area contributed by atoms with Gasteiger partial charge >= 0.3 is 6.03 Å². The Hall–Kier alpha value is -2.60. The molecule has 0 fully saturated rings. The molecule has 0 aliphatic heterocycles. The Kier molecular flexibility index (Phi) is 4.39. The van der Waals surface area contributed by atoms with E-state index in [2.05, 4.69) is 10.6 Å². The Morgan fingerprint density at radius 3 is 2.38 bits per heavy atom. The van der Waals surface area contributed by atoms with Gasteiger partial charge in [-0.05, 0) is 36.8 Å². The Labute approximate surface area is 125 Å². The average Bonchev–Trinajstić information content (AvgIpc) is 2.42. The molecule has 0 unspecified atom stereocenters. The molecule has 2 N–H and O–H groups in total. The van der Waals surface area contributed by atoms with Crippen molar-refractivity contribution in [3.8, 4) is 0 Å². The summed E-state index contributed by atoms with van der Waals surface area (Å²) in [5, 5.41) is 16.1. The minimum absolute atomic E-state index is 0.0393. The molecule has 0 saturated heterocycles. The molecule has 0 aliphatic carbocycles. The molecule has 2 aromatic carbocycles. The van der Waals surface area contributed by atoms with Crippen molar-refractivity contribution in [1.82, 2.24) is 0 Å². The number of nitrogens with one attached hydrogen (secondary N) is 2. The van der Waals surface area contributed by atoms with Gasteiger partial charge in [-0.3, -0.25) is 10.1 Å². The molecule has 2 rings (SSSR count). The summed E-state index contributed by atoms with van der Waals surface area (Å²) in [6.07, 6.45) is 0. The molecule has 21 heavy (non-hydrogen) atoms. The van der Waals surface area contributed by atoms with Crippen LogP contribution in [-0.2, 0) is 0 Å².